The number of carbonyl (C=O) groups excluding carboxylic acids is 1. The van der Waals surface area contributed by atoms with Crippen molar-refractivity contribution in [2.24, 2.45) is 11.0 Å². The molecule has 0 aromatic carbocycles. The lowest BCUT2D eigenvalue weighted by Gasteiger charge is -2.18. The number of amides is 1. The maximum atomic E-state index is 12.2. The molecular formula is C15H15ClN2OS2. The highest BCUT2D eigenvalue weighted by Gasteiger charge is 2.22. The molecule has 0 spiro atoms. The molecule has 0 saturated carbocycles. The van der Waals surface area contributed by atoms with Crippen LogP contribution in [-0.2, 0) is 12.8 Å². The minimum Gasteiger partial charge on any atom is -0.267 e. The van der Waals surface area contributed by atoms with Gasteiger partial charge in [0.05, 0.1) is 16.1 Å². The molecule has 1 aliphatic rings. The molecule has 2 aromatic rings. The molecule has 0 fully saturated rings. The quantitative estimate of drug-likeness (QED) is 0.656. The summed E-state index contributed by atoms with van der Waals surface area (Å²) in [5, 5.41) is 5.96. The Bertz CT molecular complexity index is 690. The summed E-state index contributed by atoms with van der Waals surface area (Å²) in [5.74, 6) is 0.592. The van der Waals surface area contributed by atoms with Gasteiger partial charge in [0, 0.05) is 15.1 Å². The Labute approximate surface area is 136 Å². The lowest BCUT2D eigenvalue weighted by atomic mass is 9.88. The van der Waals surface area contributed by atoms with Crippen LogP contribution >= 0.6 is 34.3 Å². The molecule has 0 aliphatic heterocycles. The van der Waals surface area contributed by atoms with Gasteiger partial charge >= 0.3 is 0 Å². The zero-order valence-electron chi connectivity index (χ0n) is 11.6. The SMILES string of the molecule is C[C@H]1CCc2c(C(=O)N/N=C\c3ccc(Cl)s3)csc2C1. The number of carbonyl (C=O) groups is 1. The highest BCUT2D eigenvalue weighted by atomic mass is 35.5. The molecule has 0 saturated heterocycles. The predicted molar refractivity (Wildman–Crippen MR) is 89.9 cm³/mol. The van der Waals surface area contributed by atoms with Crippen LogP contribution in [0, 0.1) is 5.92 Å². The van der Waals surface area contributed by atoms with Crippen LogP contribution in [0.5, 0.6) is 0 Å². The van der Waals surface area contributed by atoms with E-state index in [0.717, 1.165) is 29.7 Å². The minimum absolute atomic E-state index is 0.124. The van der Waals surface area contributed by atoms with Crippen molar-refractivity contribution >= 4 is 46.4 Å². The largest absolute Gasteiger partial charge is 0.272 e. The molecule has 0 bridgehead atoms. The third-order valence-corrected chi connectivity index (χ3v) is 5.82. The number of rotatable bonds is 3. The second kappa shape index (κ2) is 6.30. The van der Waals surface area contributed by atoms with Crippen LogP contribution in [0.25, 0.3) is 0 Å². The fourth-order valence-electron chi connectivity index (χ4n) is 2.48. The first kappa shape index (κ1) is 14.8. The monoisotopic (exact) mass is 338 g/mol. The van der Waals surface area contributed by atoms with Crippen molar-refractivity contribution < 1.29 is 4.79 Å². The molecular weight excluding hydrogens is 324 g/mol. The number of hydrogen-bond acceptors (Lipinski definition) is 4. The topological polar surface area (TPSA) is 41.5 Å². The van der Waals surface area contributed by atoms with Gasteiger partial charge in [-0.25, -0.2) is 5.43 Å². The third-order valence-electron chi connectivity index (χ3n) is 3.60. The Morgan fingerprint density at radius 1 is 1.52 bits per heavy atom. The molecule has 0 unspecified atom stereocenters. The highest BCUT2D eigenvalue weighted by molar-refractivity contribution is 7.17. The number of halogens is 1. The number of thiophene rings is 2. The Morgan fingerprint density at radius 3 is 3.14 bits per heavy atom. The number of fused-ring (bicyclic) bond motifs is 1. The van der Waals surface area contributed by atoms with Crippen molar-refractivity contribution in [1.82, 2.24) is 5.43 Å². The standard InChI is InChI=1S/C15H15ClN2OS2/c1-9-2-4-11-12(8-20-13(11)6-9)15(19)18-17-7-10-3-5-14(16)21-10/h3,5,7-9H,2,4,6H2,1H3,(H,18,19)/b17-7-/t9-/m0/s1. The van der Waals surface area contributed by atoms with Gasteiger partial charge in [-0.2, -0.15) is 5.10 Å². The zero-order valence-corrected chi connectivity index (χ0v) is 13.9. The zero-order chi connectivity index (χ0) is 14.8. The van der Waals surface area contributed by atoms with Gasteiger partial charge in [-0.05, 0) is 42.9 Å². The first-order valence-corrected chi connectivity index (χ1v) is 8.89. The molecule has 0 radical (unpaired) electrons. The Balaban J connectivity index is 1.67. The fraction of sp³-hybridized carbons (Fsp3) is 0.333. The first-order valence-electron chi connectivity index (χ1n) is 6.81. The average molecular weight is 339 g/mol. The van der Waals surface area contributed by atoms with Gasteiger partial charge in [0.15, 0.2) is 0 Å². The minimum atomic E-state index is -0.124. The van der Waals surface area contributed by atoms with Crippen LogP contribution < -0.4 is 5.43 Å². The maximum absolute atomic E-state index is 12.2. The van der Waals surface area contributed by atoms with Crippen molar-refractivity contribution in [3.63, 3.8) is 0 Å². The number of hydrazone groups is 1. The van der Waals surface area contributed by atoms with Crippen LogP contribution in [0.4, 0.5) is 0 Å². The van der Waals surface area contributed by atoms with Gasteiger partial charge in [0.25, 0.3) is 5.91 Å². The Kier molecular flexibility index (Phi) is 4.42. The highest BCUT2D eigenvalue weighted by Crippen LogP contribution is 2.32. The lowest BCUT2D eigenvalue weighted by molar-refractivity contribution is 0.0954. The van der Waals surface area contributed by atoms with E-state index in [0.29, 0.717) is 10.3 Å². The molecule has 1 N–H and O–H groups in total. The average Bonchev–Trinajstić information content (AvgIpc) is 3.04. The normalized spacial score (nSPS) is 17.9. The van der Waals surface area contributed by atoms with Crippen LogP contribution in [0.2, 0.25) is 4.34 Å². The van der Waals surface area contributed by atoms with E-state index >= 15 is 0 Å². The van der Waals surface area contributed by atoms with Crippen LogP contribution in [0.1, 0.15) is 39.0 Å². The fourth-order valence-corrected chi connectivity index (χ4v) is 4.66. The molecule has 2 heterocycles. The van der Waals surface area contributed by atoms with E-state index in [1.165, 1.54) is 21.8 Å². The Morgan fingerprint density at radius 2 is 2.38 bits per heavy atom. The first-order chi connectivity index (χ1) is 10.1. The molecule has 6 heteroatoms. The van der Waals surface area contributed by atoms with Crippen molar-refractivity contribution in [3.8, 4) is 0 Å². The lowest BCUT2D eigenvalue weighted by Crippen LogP contribution is -2.20. The summed E-state index contributed by atoms with van der Waals surface area (Å²) in [7, 11) is 0. The van der Waals surface area contributed by atoms with Crippen molar-refractivity contribution in [2.45, 2.75) is 26.2 Å². The second-order valence-electron chi connectivity index (χ2n) is 5.24. The van der Waals surface area contributed by atoms with Crippen LogP contribution in [0.3, 0.4) is 0 Å². The summed E-state index contributed by atoms with van der Waals surface area (Å²) in [4.78, 5) is 14.5. The molecule has 2 aromatic heterocycles. The molecule has 1 amide bonds. The number of hydrogen-bond donors (Lipinski definition) is 1. The molecule has 1 aliphatic carbocycles. The van der Waals surface area contributed by atoms with Gasteiger partial charge in [-0.1, -0.05) is 18.5 Å². The Hall–Kier alpha value is -1.17. The van der Waals surface area contributed by atoms with E-state index in [2.05, 4.69) is 17.5 Å². The smallest absolute Gasteiger partial charge is 0.267 e. The van der Waals surface area contributed by atoms with E-state index in [1.54, 1.807) is 17.6 Å². The summed E-state index contributed by atoms with van der Waals surface area (Å²) < 4.78 is 0.712. The second-order valence-corrected chi connectivity index (χ2v) is 7.95. The summed E-state index contributed by atoms with van der Waals surface area (Å²) in [6, 6.07) is 3.68. The van der Waals surface area contributed by atoms with E-state index in [-0.39, 0.29) is 5.91 Å². The molecule has 1 atom stereocenters. The summed E-state index contributed by atoms with van der Waals surface area (Å²) in [5.41, 5.74) is 4.60. The van der Waals surface area contributed by atoms with Gasteiger partial charge in [-0.15, -0.1) is 22.7 Å². The van der Waals surface area contributed by atoms with Crippen molar-refractivity contribution in [3.05, 3.63) is 42.7 Å². The molecule has 3 rings (SSSR count). The summed E-state index contributed by atoms with van der Waals surface area (Å²) in [6.07, 6.45) is 4.85. The van der Waals surface area contributed by atoms with Gasteiger partial charge in [0.2, 0.25) is 0 Å². The van der Waals surface area contributed by atoms with Crippen molar-refractivity contribution in [2.75, 3.05) is 0 Å². The van der Waals surface area contributed by atoms with Crippen LogP contribution in [0.15, 0.2) is 22.6 Å². The third kappa shape index (κ3) is 3.36. The molecule has 21 heavy (non-hydrogen) atoms. The maximum Gasteiger partial charge on any atom is 0.272 e. The van der Waals surface area contributed by atoms with E-state index in [1.807, 2.05) is 17.5 Å². The van der Waals surface area contributed by atoms with Gasteiger partial charge < -0.3 is 0 Å². The van der Waals surface area contributed by atoms with E-state index < -0.39 is 0 Å². The molecule has 3 nitrogen and oxygen atoms in total. The summed E-state index contributed by atoms with van der Waals surface area (Å²) in [6.45, 7) is 2.26. The predicted octanol–water partition coefficient (Wildman–Crippen LogP) is 4.35. The van der Waals surface area contributed by atoms with Gasteiger partial charge in [0.1, 0.15) is 0 Å². The van der Waals surface area contributed by atoms with Crippen molar-refractivity contribution in [1.29, 1.82) is 0 Å². The van der Waals surface area contributed by atoms with E-state index in [9.17, 15) is 4.79 Å². The molecule has 110 valence electrons. The van der Waals surface area contributed by atoms with E-state index in [4.69, 9.17) is 11.6 Å². The summed E-state index contributed by atoms with van der Waals surface area (Å²) >= 11 is 8.96. The van der Waals surface area contributed by atoms with Gasteiger partial charge in [-0.3, -0.25) is 4.79 Å². The number of nitrogens with zero attached hydrogens (tertiary/aromatic N) is 1. The van der Waals surface area contributed by atoms with Crippen LogP contribution in [-0.4, -0.2) is 12.1 Å². The number of nitrogens with one attached hydrogen (secondary N) is 1.